The van der Waals surface area contributed by atoms with Gasteiger partial charge in [0.25, 0.3) is 0 Å². The molecule has 1 aliphatic rings. The summed E-state index contributed by atoms with van der Waals surface area (Å²) >= 11 is 0. The second kappa shape index (κ2) is 8.81. The molecule has 0 saturated carbocycles. The van der Waals surface area contributed by atoms with E-state index in [2.05, 4.69) is 10.3 Å². The van der Waals surface area contributed by atoms with Crippen LogP contribution in [-0.4, -0.2) is 50.1 Å². The maximum absolute atomic E-state index is 11.4. The Balaban J connectivity index is 0.00000264. The SMILES string of the molecule is CCNC(=NCc1cccc(S(N)(=O)=O)c1)N1CC[C@@H](O)C1.I. The molecule has 130 valence electrons. The van der Waals surface area contributed by atoms with Gasteiger partial charge < -0.3 is 15.3 Å². The van der Waals surface area contributed by atoms with Gasteiger partial charge in [-0.25, -0.2) is 18.5 Å². The Bertz CT molecular complexity index is 651. The van der Waals surface area contributed by atoms with Gasteiger partial charge in [-0.2, -0.15) is 0 Å². The van der Waals surface area contributed by atoms with Crippen LogP contribution in [0, 0.1) is 0 Å². The normalized spacial score (nSPS) is 18.7. The third kappa shape index (κ3) is 5.90. The second-order valence-electron chi connectivity index (χ2n) is 5.25. The van der Waals surface area contributed by atoms with Gasteiger partial charge >= 0.3 is 0 Å². The fourth-order valence-corrected chi connectivity index (χ4v) is 2.93. The first-order chi connectivity index (χ1) is 10.4. The number of rotatable bonds is 4. The number of halogens is 1. The Labute approximate surface area is 154 Å². The van der Waals surface area contributed by atoms with E-state index in [1.54, 1.807) is 12.1 Å². The van der Waals surface area contributed by atoms with Crippen LogP contribution in [0.15, 0.2) is 34.2 Å². The Morgan fingerprint density at radius 1 is 1.52 bits per heavy atom. The van der Waals surface area contributed by atoms with Gasteiger partial charge in [-0.3, -0.25) is 0 Å². The summed E-state index contributed by atoms with van der Waals surface area (Å²) in [4.78, 5) is 6.59. The quantitative estimate of drug-likeness (QED) is 0.349. The fraction of sp³-hybridized carbons (Fsp3) is 0.500. The lowest BCUT2D eigenvalue weighted by atomic mass is 10.2. The van der Waals surface area contributed by atoms with Crippen molar-refractivity contribution >= 4 is 40.0 Å². The van der Waals surface area contributed by atoms with Crippen molar-refractivity contribution in [2.75, 3.05) is 19.6 Å². The number of hydrogen-bond donors (Lipinski definition) is 3. The minimum Gasteiger partial charge on any atom is -0.391 e. The Morgan fingerprint density at radius 3 is 2.83 bits per heavy atom. The molecule has 9 heteroatoms. The number of β-amino-alcohol motifs (C(OH)–C–C–N with tert-alkyl or cyclic N) is 1. The molecule has 1 aliphatic heterocycles. The van der Waals surface area contributed by atoms with E-state index in [0.29, 0.717) is 13.1 Å². The lowest BCUT2D eigenvalue weighted by Crippen LogP contribution is -2.40. The summed E-state index contributed by atoms with van der Waals surface area (Å²) in [5, 5.41) is 17.9. The zero-order valence-electron chi connectivity index (χ0n) is 13.0. The molecule has 2 rings (SSSR count). The predicted molar refractivity (Wildman–Crippen MR) is 100 cm³/mol. The molecule has 0 spiro atoms. The van der Waals surface area contributed by atoms with E-state index in [1.165, 1.54) is 12.1 Å². The largest absolute Gasteiger partial charge is 0.391 e. The van der Waals surface area contributed by atoms with Gasteiger partial charge in [-0.1, -0.05) is 12.1 Å². The maximum atomic E-state index is 11.4. The maximum Gasteiger partial charge on any atom is 0.238 e. The van der Waals surface area contributed by atoms with Crippen molar-refractivity contribution in [2.24, 2.45) is 10.1 Å². The van der Waals surface area contributed by atoms with Crippen LogP contribution in [0.3, 0.4) is 0 Å². The van der Waals surface area contributed by atoms with Crippen LogP contribution < -0.4 is 10.5 Å². The molecule has 0 unspecified atom stereocenters. The van der Waals surface area contributed by atoms with Crippen LogP contribution in [-0.2, 0) is 16.6 Å². The first-order valence-electron chi connectivity index (χ1n) is 7.23. The minimum atomic E-state index is -3.70. The molecule has 7 nitrogen and oxygen atoms in total. The lowest BCUT2D eigenvalue weighted by molar-refractivity contribution is 0.188. The second-order valence-corrected chi connectivity index (χ2v) is 6.81. The Morgan fingerprint density at radius 2 is 2.26 bits per heavy atom. The first kappa shape index (κ1) is 20.1. The number of sulfonamides is 1. The van der Waals surface area contributed by atoms with Crippen molar-refractivity contribution in [3.05, 3.63) is 29.8 Å². The lowest BCUT2D eigenvalue weighted by Gasteiger charge is -2.20. The van der Waals surface area contributed by atoms with E-state index in [-0.39, 0.29) is 35.0 Å². The van der Waals surface area contributed by atoms with Crippen LogP contribution in [0.1, 0.15) is 18.9 Å². The van der Waals surface area contributed by atoms with Crippen LogP contribution in [0.2, 0.25) is 0 Å². The van der Waals surface area contributed by atoms with Gasteiger partial charge in [0.1, 0.15) is 0 Å². The first-order valence-corrected chi connectivity index (χ1v) is 8.78. The zero-order valence-corrected chi connectivity index (χ0v) is 16.1. The molecule has 1 atom stereocenters. The summed E-state index contributed by atoms with van der Waals surface area (Å²) in [5.74, 6) is 0.722. The van der Waals surface area contributed by atoms with E-state index < -0.39 is 10.0 Å². The monoisotopic (exact) mass is 454 g/mol. The summed E-state index contributed by atoms with van der Waals surface area (Å²) in [7, 11) is -3.70. The fourth-order valence-electron chi connectivity index (χ4n) is 2.35. The molecular formula is C14H23IN4O3S. The number of aliphatic hydroxyl groups excluding tert-OH is 1. The van der Waals surface area contributed by atoms with Gasteiger partial charge in [0.15, 0.2) is 5.96 Å². The molecule has 0 aliphatic carbocycles. The molecule has 4 N–H and O–H groups in total. The molecule has 0 bridgehead atoms. The number of guanidine groups is 1. The average Bonchev–Trinajstić information content (AvgIpc) is 2.89. The highest BCUT2D eigenvalue weighted by Gasteiger charge is 2.22. The summed E-state index contributed by atoms with van der Waals surface area (Å²) < 4.78 is 22.7. The average molecular weight is 454 g/mol. The molecule has 1 fully saturated rings. The molecular weight excluding hydrogens is 431 g/mol. The van der Waals surface area contributed by atoms with E-state index in [0.717, 1.165) is 31.0 Å². The molecule has 1 saturated heterocycles. The van der Waals surface area contributed by atoms with Gasteiger partial charge in [0, 0.05) is 19.6 Å². The number of aliphatic hydroxyl groups is 1. The summed E-state index contributed by atoms with van der Waals surface area (Å²) in [6.45, 7) is 4.36. The van der Waals surface area contributed by atoms with Crippen molar-refractivity contribution in [1.29, 1.82) is 0 Å². The highest BCUT2D eigenvalue weighted by molar-refractivity contribution is 14.0. The number of nitrogens with zero attached hydrogens (tertiary/aromatic N) is 2. The molecule has 1 heterocycles. The molecule has 1 aromatic carbocycles. The molecule has 23 heavy (non-hydrogen) atoms. The number of nitrogens with two attached hydrogens (primary N) is 1. The van der Waals surface area contributed by atoms with E-state index in [1.807, 2.05) is 11.8 Å². The number of hydrogen-bond acceptors (Lipinski definition) is 4. The number of aliphatic imine (C=N–C) groups is 1. The number of primary sulfonamides is 1. The van der Waals surface area contributed by atoms with Crippen molar-refractivity contribution < 1.29 is 13.5 Å². The molecule has 1 aromatic rings. The summed E-state index contributed by atoms with van der Waals surface area (Å²) in [6, 6.07) is 6.45. The smallest absolute Gasteiger partial charge is 0.238 e. The third-order valence-electron chi connectivity index (χ3n) is 3.44. The van der Waals surface area contributed by atoms with Crippen LogP contribution in [0.25, 0.3) is 0 Å². The summed E-state index contributed by atoms with van der Waals surface area (Å²) in [6.07, 6.45) is 0.403. The van der Waals surface area contributed by atoms with Gasteiger partial charge in [-0.05, 0) is 31.0 Å². The van der Waals surface area contributed by atoms with Crippen molar-refractivity contribution in [2.45, 2.75) is 30.9 Å². The van der Waals surface area contributed by atoms with E-state index >= 15 is 0 Å². The molecule has 0 aromatic heterocycles. The van der Waals surface area contributed by atoms with Gasteiger partial charge in [0.2, 0.25) is 10.0 Å². The highest BCUT2D eigenvalue weighted by Crippen LogP contribution is 2.12. The van der Waals surface area contributed by atoms with Crippen molar-refractivity contribution in [3.63, 3.8) is 0 Å². The minimum absolute atomic E-state index is 0. The van der Waals surface area contributed by atoms with Crippen LogP contribution in [0.5, 0.6) is 0 Å². The Hall–Kier alpha value is -0.910. The van der Waals surface area contributed by atoms with E-state index in [9.17, 15) is 13.5 Å². The van der Waals surface area contributed by atoms with Gasteiger partial charge in [-0.15, -0.1) is 24.0 Å². The van der Waals surface area contributed by atoms with Crippen LogP contribution >= 0.6 is 24.0 Å². The number of nitrogens with one attached hydrogen (secondary N) is 1. The summed E-state index contributed by atoms with van der Waals surface area (Å²) in [5.41, 5.74) is 0.765. The number of likely N-dealkylation sites (tertiary alicyclic amines) is 1. The third-order valence-corrected chi connectivity index (χ3v) is 4.35. The van der Waals surface area contributed by atoms with Gasteiger partial charge in [0.05, 0.1) is 17.5 Å². The zero-order chi connectivity index (χ0) is 16.2. The molecule has 0 amide bonds. The van der Waals surface area contributed by atoms with E-state index in [4.69, 9.17) is 5.14 Å². The van der Waals surface area contributed by atoms with Crippen molar-refractivity contribution in [3.8, 4) is 0 Å². The van der Waals surface area contributed by atoms with Crippen molar-refractivity contribution in [1.82, 2.24) is 10.2 Å². The Kier molecular flexibility index (Phi) is 7.71. The molecule has 0 radical (unpaired) electrons. The number of benzene rings is 1. The highest BCUT2D eigenvalue weighted by atomic mass is 127. The topological polar surface area (TPSA) is 108 Å². The standard InChI is InChI=1S/C14H22N4O3S.HI/c1-2-16-14(18-7-6-12(19)10-18)17-9-11-4-3-5-13(8-11)22(15,20)21;/h3-5,8,12,19H,2,6-7,9-10H2,1H3,(H,16,17)(H2,15,20,21);1H/t12-;/m1./s1. The predicted octanol–water partition coefficient (Wildman–Crippen LogP) is 0.484. The van der Waals surface area contributed by atoms with Crippen LogP contribution in [0.4, 0.5) is 0 Å².